The first kappa shape index (κ1) is 17.1. The van der Waals surface area contributed by atoms with Gasteiger partial charge in [0.25, 0.3) is 0 Å². The van der Waals surface area contributed by atoms with Crippen molar-refractivity contribution in [2.75, 3.05) is 7.11 Å². The molecule has 0 unspecified atom stereocenters. The first-order valence-electron chi connectivity index (χ1n) is 8.31. The molecule has 1 aliphatic heterocycles. The van der Waals surface area contributed by atoms with E-state index < -0.39 is 0 Å². The summed E-state index contributed by atoms with van der Waals surface area (Å²) in [4.78, 5) is 12.6. The summed E-state index contributed by atoms with van der Waals surface area (Å²) in [5, 5.41) is 9.47. The van der Waals surface area contributed by atoms with Crippen LogP contribution in [0.25, 0.3) is 0 Å². The molecule has 3 rings (SSSR count). The summed E-state index contributed by atoms with van der Waals surface area (Å²) in [5.74, 6) is 1.57. The quantitative estimate of drug-likeness (QED) is 0.827. The molecule has 4 nitrogen and oxygen atoms in total. The predicted molar refractivity (Wildman–Crippen MR) is 96.6 cm³/mol. The highest BCUT2D eigenvalue weighted by Crippen LogP contribution is 2.41. The number of hydrogen-bond acceptors (Lipinski definition) is 4. The van der Waals surface area contributed by atoms with Crippen LogP contribution < -0.4 is 9.47 Å². The fourth-order valence-corrected chi connectivity index (χ4v) is 2.99. The van der Waals surface area contributed by atoms with Crippen LogP contribution >= 0.6 is 0 Å². The third kappa shape index (κ3) is 3.53. The van der Waals surface area contributed by atoms with E-state index >= 15 is 0 Å². The lowest BCUT2D eigenvalue weighted by molar-refractivity contribution is 0.0847. The van der Waals surface area contributed by atoms with Gasteiger partial charge in [0.2, 0.25) is 0 Å². The van der Waals surface area contributed by atoms with Gasteiger partial charge in [0.05, 0.1) is 19.1 Å². The van der Waals surface area contributed by atoms with E-state index in [-0.39, 0.29) is 24.1 Å². The number of phenolic OH excluding ortho intramolecular Hbond substituents is 1. The Morgan fingerprint density at radius 3 is 2.60 bits per heavy atom. The van der Waals surface area contributed by atoms with Crippen LogP contribution in [0.5, 0.6) is 17.2 Å². The van der Waals surface area contributed by atoms with Gasteiger partial charge in [-0.1, -0.05) is 23.8 Å². The van der Waals surface area contributed by atoms with Crippen molar-refractivity contribution in [3.63, 3.8) is 0 Å². The molecular formula is C21H22O4. The number of Topliss-reactive ketones (excluding diaryl/α,β-unsaturated/α-hetero) is 1. The van der Waals surface area contributed by atoms with Crippen molar-refractivity contribution >= 4 is 5.78 Å². The molecule has 1 atom stereocenters. The number of benzene rings is 2. The maximum Gasteiger partial charge on any atom is 0.170 e. The predicted octanol–water partition coefficient (Wildman–Crippen LogP) is 4.62. The normalized spacial score (nSPS) is 16.0. The molecule has 0 amide bonds. The Morgan fingerprint density at radius 2 is 1.96 bits per heavy atom. The van der Waals surface area contributed by atoms with Gasteiger partial charge in [0.15, 0.2) is 5.78 Å². The van der Waals surface area contributed by atoms with Gasteiger partial charge in [-0.15, -0.1) is 0 Å². The SMILES string of the molecule is COc1ccc2c(c1CC=C(C)C)O[C@H](c1ccc(O)cc1)CC2=O. The second-order valence-electron chi connectivity index (χ2n) is 6.43. The van der Waals surface area contributed by atoms with Crippen molar-refractivity contribution in [1.29, 1.82) is 0 Å². The van der Waals surface area contributed by atoms with Gasteiger partial charge in [-0.3, -0.25) is 4.79 Å². The van der Waals surface area contributed by atoms with Crippen molar-refractivity contribution in [1.82, 2.24) is 0 Å². The minimum Gasteiger partial charge on any atom is -0.508 e. The molecule has 1 heterocycles. The summed E-state index contributed by atoms with van der Waals surface area (Å²) in [6, 6.07) is 10.4. The van der Waals surface area contributed by atoms with Gasteiger partial charge in [0.1, 0.15) is 23.4 Å². The van der Waals surface area contributed by atoms with E-state index in [1.54, 1.807) is 37.4 Å². The highest BCUT2D eigenvalue weighted by molar-refractivity contribution is 6.00. The molecule has 0 bridgehead atoms. The zero-order chi connectivity index (χ0) is 18.0. The summed E-state index contributed by atoms with van der Waals surface area (Å²) in [5.41, 5.74) is 3.55. The Balaban J connectivity index is 2.03. The average molecular weight is 338 g/mol. The van der Waals surface area contributed by atoms with E-state index in [4.69, 9.17) is 9.47 Å². The fraction of sp³-hybridized carbons (Fsp3) is 0.286. The first-order valence-corrected chi connectivity index (χ1v) is 8.31. The highest BCUT2D eigenvalue weighted by atomic mass is 16.5. The van der Waals surface area contributed by atoms with Crippen molar-refractivity contribution in [2.24, 2.45) is 0 Å². The zero-order valence-electron chi connectivity index (χ0n) is 14.7. The number of phenols is 1. The molecule has 4 heteroatoms. The fourth-order valence-electron chi connectivity index (χ4n) is 2.99. The number of methoxy groups -OCH3 is 1. The van der Waals surface area contributed by atoms with Crippen molar-refractivity contribution < 1.29 is 19.4 Å². The number of ether oxygens (including phenoxy) is 2. The minimum absolute atomic E-state index is 0.0560. The Bertz CT molecular complexity index is 815. The average Bonchev–Trinajstić information content (AvgIpc) is 2.60. The lowest BCUT2D eigenvalue weighted by Gasteiger charge is -2.28. The highest BCUT2D eigenvalue weighted by Gasteiger charge is 2.30. The summed E-state index contributed by atoms with van der Waals surface area (Å²) >= 11 is 0. The second-order valence-corrected chi connectivity index (χ2v) is 6.43. The summed E-state index contributed by atoms with van der Waals surface area (Å²) in [6.07, 6.45) is 2.66. The molecule has 0 saturated carbocycles. The van der Waals surface area contributed by atoms with Crippen LogP contribution in [-0.2, 0) is 6.42 Å². The lowest BCUT2D eigenvalue weighted by Crippen LogP contribution is -2.21. The summed E-state index contributed by atoms with van der Waals surface area (Å²) < 4.78 is 11.7. The maximum atomic E-state index is 12.6. The van der Waals surface area contributed by atoms with Crippen LogP contribution in [0.3, 0.4) is 0 Å². The zero-order valence-corrected chi connectivity index (χ0v) is 14.7. The van der Waals surface area contributed by atoms with E-state index in [1.807, 2.05) is 19.9 Å². The van der Waals surface area contributed by atoms with Crippen LogP contribution in [0, 0.1) is 0 Å². The second kappa shape index (κ2) is 7.01. The topological polar surface area (TPSA) is 55.8 Å². The maximum absolute atomic E-state index is 12.6. The van der Waals surface area contributed by atoms with Crippen LogP contribution in [0.4, 0.5) is 0 Å². The number of fused-ring (bicyclic) bond motifs is 1. The first-order chi connectivity index (χ1) is 12.0. The van der Waals surface area contributed by atoms with E-state index in [0.717, 1.165) is 16.9 Å². The Hall–Kier alpha value is -2.75. The lowest BCUT2D eigenvalue weighted by atomic mass is 9.93. The molecular weight excluding hydrogens is 316 g/mol. The van der Waals surface area contributed by atoms with Gasteiger partial charge in [0, 0.05) is 5.56 Å². The molecule has 1 N–H and O–H groups in total. The summed E-state index contributed by atoms with van der Waals surface area (Å²) in [7, 11) is 1.62. The van der Waals surface area contributed by atoms with Crippen LogP contribution in [-0.4, -0.2) is 18.0 Å². The monoisotopic (exact) mass is 338 g/mol. The number of carbonyl (C=O) groups excluding carboxylic acids is 1. The van der Waals surface area contributed by atoms with Gasteiger partial charge in [-0.05, 0) is 50.1 Å². The Labute approximate surface area is 147 Å². The molecule has 0 aromatic heterocycles. The number of carbonyl (C=O) groups is 1. The largest absolute Gasteiger partial charge is 0.508 e. The van der Waals surface area contributed by atoms with E-state index in [9.17, 15) is 9.90 Å². The number of aromatic hydroxyl groups is 1. The van der Waals surface area contributed by atoms with E-state index in [1.165, 1.54) is 5.57 Å². The molecule has 2 aromatic carbocycles. The minimum atomic E-state index is -0.363. The number of rotatable bonds is 4. The number of ketones is 1. The molecule has 25 heavy (non-hydrogen) atoms. The Kier molecular flexibility index (Phi) is 4.79. The smallest absolute Gasteiger partial charge is 0.170 e. The molecule has 0 aliphatic carbocycles. The third-order valence-electron chi connectivity index (χ3n) is 4.35. The van der Waals surface area contributed by atoms with Gasteiger partial charge >= 0.3 is 0 Å². The van der Waals surface area contributed by atoms with Crippen LogP contribution in [0.2, 0.25) is 0 Å². The molecule has 0 saturated heterocycles. The summed E-state index contributed by atoms with van der Waals surface area (Å²) in [6.45, 7) is 4.07. The van der Waals surface area contributed by atoms with Gasteiger partial charge in [-0.2, -0.15) is 0 Å². The third-order valence-corrected chi connectivity index (χ3v) is 4.35. The van der Waals surface area contributed by atoms with E-state index in [0.29, 0.717) is 17.7 Å². The molecule has 0 spiro atoms. The Morgan fingerprint density at radius 1 is 1.24 bits per heavy atom. The molecule has 0 radical (unpaired) electrons. The number of hydrogen-bond donors (Lipinski definition) is 1. The molecule has 130 valence electrons. The van der Waals surface area contributed by atoms with Crippen LogP contribution in [0.1, 0.15) is 47.9 Å². The van der Waals surface area contributed by atoms with Crippen molar-refractivity contribution in [3.8, 4) is 17.2 Å². The van der Waals surface area contributed by atoms with Gasteiger partial charge in [-0.25, -0.2) is 0 Å². The molecule has 2 aromatic rings. The molecule has 1 aliphatic rings. The number of allylic oxidation sites excluding steroid dienone is 2. The molecule has 0 fully saturated rings. The van der Waals surface area contributed by atoms with E-state index in [2.05, 4.69) is 6.08 Å². The standard InChI is InChI=1S/C21H22O4/c1-13(2)4-9-17-19(24-3)11-10-16-18(23)12-20(25-21(16)17)14-5-7-15(22)8-6-14/h4-8,10-11,20,22H,9,12H2,1-3H3/t20-/m0/s1. The van der Waals surface area contributed by atoms with Crippen molar-refractivity contribution in [2.45, 2.75) is 32.8 Å². The van der Waals surface area contributed by atoms with Gasteiger partial charge < -0.3 is 14.6 Å². The van der Waals surface area contributed by atoms with Crippen LogP contribution in [0.15, 0.2) is 48.0 Å². The van der Waals surface area contributed by atoms with Crippen molar-refractivity contribution in [3.05, 3.63) is 64.7 Å².